The van der Waals surface area contributed by atoms with Crippen molar-refractivity contribution in [2.75, 3.05) is 17.7 Å². The SMILES string of the molecule is COc1ccccc1NC(=O)C1=C(C)Nc2nc(-c3cccs3)nn2C1c1ccc(C#N)cc1. The van der Waals surface area contributed by atoms with Gasteiger partial charge in [-0.05, 0) is 48.2 Å². The molecule has 0 spiro atoms. The van der Waals surface area contributed by atoms with Crippen LogP contribution in [0.1, 0.15) is 24.1 Å². The van der Waals surface area contributed by atoms with Crippen LogP contribution in [0, 0.1) is 11.3 Å². The van der Waals surface area contributed by atoms with Crippen LogP contribution in [0.4, 0.5) is 11.6 Å². The number of anilines is 2. The zero-order valence-electron chi connectivity index (χ0n) is 18.4. The van der Waals surface area contributed by atoms with E-state index >= 15 is 0 Å². The lowest BCUT2D eigenvalue weighted by Crippen LogP contribution is -2.31. The molecule has 0 saturated carbocycles. The van der Waals surface area contributed by atoms with E-state index in [-0.39, 0.29) is 5.91 Å². The number of thiophene rings is 1. The molecule has 1 atom stereocenters. The number of benzene rings is 2. The maximum atomic E-state index is 13.6. The summed E-state index contributed by atoms with van der Waals surface area (Å²) in [5, 5.41) is 22.2. The zero-order chi connectivity index (χ0) is 23.7. The highest BCUT2D eigenvalue weighted by Crippen LogP contribution is 2.38. The van der Waals surface area contributed by atoms with Gasteiger partial charge in [0.05, 0.1) is 34.9 Å². The summed E-state index contributed by atoms with van der Waals surface area (Å²) in [7, 11) is 1.56. The smallest absolute Gasteiger partial charge is 0.255 e. The average Bonchev–Trinajstić information content (AvgIpc) is 3.53. The van der Waals surface area contributed by atoms with Crippen LogP contribution in [0.25, 0.3) is 10.7 Å². The van der Waals surface area contributed by atoms with Gasteiger partial charge in [-0.15, -0.1) is 16.4 Å². The summed E-state index contributed by atoms with van der Waals surface area (Å²) in [6.45, 7) is 1.84. The van der Waals surface area contributed by atoms with Gasteiger partial charge in [0.1, 0.15) is 11.8 Å². The summed E-state index contributed by atoms with van der Waals surface area (Å²) < 4.78 is 7.12. The van der Waals surface area contributed by atoms with Crippen molar-refractivity contribution in [3.63, 3.8) is 0 Å². The van der Waals surface area contributed by atoms with Crippen molar-refractivity contribution in [3.8, 4) is 22.5 Å². The van der Waals surface area contributed by atoms with Crippen LogP contribution in [-0.2, 0) is 4.79 Å². The highest BCUT2D eigenvalue weighted by Gasteiger charge is 2.34. The first-order valence-electron chi connectivity index (χ1n) is 10.5. The quantitative estimate of drug-likeness (QED) is 0.435. The Labute approximate surface area is 200 Å². The lowest BCUT2D eigenvalue weighted by atomic mass is 9.94. The highest BCUT2D eigenvalue weighted by molar-refractivity contribution is 7.13. The van der Waals surface area contributed by atoms with Crippen LogP contribution in [0.15, 0.2) is 77.3 Å². The number of nitriles is 1. The Bertz CT molecular complexity index is 1430. The predicted octanol–water partition coefficient (Wildman–Crippen LogP) is 4.81. The van der Waals surface area contributed by atoms with Crippen LogP contribution in [0.2, 0.25) is 0 Å². The van der Waals surface area contributed by atoms with Gasteiger partial charge in [0, 0.05) is 5.70 Å². The van der Waals surface area contributed by atoms with Crippen molar-refractivity contribution >= 4 is 28.9 Å². The molecule has 1 amide bonds. The van der Waals surface area contributed by atoms with Gasteiger partial charge in [0.2, 0.25) is 5.95 Å². The van der Waals surface area contributed by atoms with Gasteiger partial charge >= 0.3 is 0 Å². The molecule has 3 heterocycles. The Morgan fingerprint density at radius 2 is 1.97 bits per heavy atom. The number of hydrogen-bond donors (Lipinski definition) is 2. The minimum Gasteiger partial charge on any atom is -0.495 e. The first-order chi connectivity index (χ1) is 16.6. The molecule has 0 bridgehead atoms. The maximum absolute atomic E-state index is 13.6. The van der Waals surface area contributed by atoms with Crippen LogP contribution in [0.3, 0.4) is 0 Å². The largest absolute Gasteiger partial charge is 0.495 e. The fourth-order valence-electron chi connectivity index (χ4n) is 3.94. The van der Waals surface area contributed by atoms with E-state index < -0.39 is 6.04 Å². The number of para-hydroxylation sites is 2. The van der Waals surface area contributed by atoms with Gasteiger partial charge in [0.25, 0.3) is 5.91 Å². The number of carbonyl (C=O) groups excluding carboxylic acids is 1. The second kappa shape index (κ2) is 8.84. The number of rotatable bonds is 5. The number of hydrogen-bond acceptors (Lipinski definition) is 7. The predicted molar refractivity (Wildman–Crippen MR) is 131 cm³/mol. The fraction of sp³-hybridized carbons (Fsp3) is 0.120. The molecule has 0 radical (unpaired) electrons. The Morgan fingerprint density at radius 3 is 2.68 bits per heavy atom. The molecule has 0 aliphatic carbocycles. The third-order valence-electron chi connectivity index (χ3n) is 5.55. The zero-order valence-corrected chi connectivity index (χ0v) is 19.3. The van der Waals surface area contributed by atoms with Crippen molar-refractivity contribution in [1.29, 1.82) is 5.26 Å². The third kappa shape index (κ3) is 3.80. The molecule has 168 valence electrons. The third-order valence-corrected chi connectivity index (χ3v) is 6.42. The number of nitrogens with zero attached hydrogens (tertiary/aromatic N) is 4. The van der Waals surface area contributed by atoms with Crippen molar-refractivity contribution in [3.05, 3.63) is 88.4 Å². The fourth-order valence-corrected chi connectivity index (χ4v) is 4.59. The molecule has 2 aromatic heterocycles. The topological polar surface area (TPSA) is 105 Å². The van der Waals surface area contributed by atoms with E-state index in [9.17, 15) is 10.1 Å². The molecule has 0 saturated heterocycles. The molecule has 2 N–H and O–H groups in total. The van der Waals surface area contributed by atoms with Crippen molar-refractivity contribution in [2.45, 2.75) is 13.0 Å². The first kappa shape index (κ1) is 21.4. The first-order valence-corrected chi connectivity index (χ1v) is 11.4. The molecule has 2 aromatic carbocycles. The van der Waals surface area contributed by atoms with E-state index in [1.54, 1.807) is 47.4 Å². The van der Waals surface area contributed by atoms with Crippen molar-refractivity contribution in [2.24, 2.45) is 0 Å². The molecule has 1 unspecified atom stereocenters. The second-order valence-electron chi connectivity index (χ2n) is 7.64. The van der Waals surface area contributed by atoms with Gasteiger partial charge in [0.15, 0.2) is 5.82 Å². The molecule has 5 rings (SSSR count). The molecule has 4 aromatic rings. The van der Waals surface area contributed by atoms with Crippen LogP contribution < -0.4 is 15.4 Å². The van der Waals surface area contributed by atoms with Crippen molar-refractivity contribution in [1.82, 2.24) is 14.8 Å². The van der Waals surface area contributed by atoms with E-state index in [0.717, 1.165) is 10.4 Å². The van der Waals surface area contributed by atoms with Gasteiger partial charge < -0.3 is 15.4 Å². The van der Waals surface area contributed by atoms with Gasteiger partial charge in [-0.1, -0.05) is 30.3 Å². The van der Waals surface area contributed by atoms with E-state index in [2.05, 4.69) is 21.7 Å². The number of nitrogens with one attached hydrogen (secondary N) is 2. The summed E-state index contributed by atoms with van der Waals surface area (Å²) in [6, 6.07) is 19.9. The number of amides is 1. The Hall–Kier alpha value is -4.42. The monoisotopic (exact) mass is 468 g/mol. The Morgan fingerprint density at radius 1 is 1.18 bits per heavy atom. The summed E-state index contributed by atoms with van der Waals surface area (Å²) in [6.07, 6.45) is 0. The molecule has 1 aliphatic rings. The number of aromatic nitrogens is 3. The minimum atomic E-state index is -0.542. The Balaban J connectivity index is 1.60. The number of fused-ring (bicyclic) bond motifs is 1. The molecule has 9 heteroatoms. The summed E-state index contributed by atoms with van der Waals surface area (Å²) in [5.41, 5.74) is 3.08. The molecule has 34 heavy (non-hydrogen) atoms. The van der Waals surface area contributed by atoms with E-state index in [4.69, 9.17) is 9.84 Å². The number of ether oxygens (including phenoxy) is 1. The van der Waals surface area contributed by atoms with Gasteiger partial charge in [-0.3, -0.25) is 4.79 Å². The lowest BCUT2D eigenvalue weighted by molar-refractivity contribution is -0.113. The van der Waals surface area contributed by atoms with Crippen molar-refractivity contribution < 1.29 is 9.53 Å². The number of carbonyl (C=O) groups is 1. The van der Waals surface area contributed by atoms with Crippen LogP contribution in [-0.4, -0.2) is 27.8 Å². The van der Waals surface area contributed by atoms with Gasteiger partial charge in [-0.25, -0.2) is 4.68 Å². The summed E-state index contributed by atoms with van der Waals surface area (Å²) in [5.74, 6) is 1.40. The maximum Gasteiger partial charge on any atom is 0.255 e. The van der Waals surface area contributed by atoms with E-state index in [1.807, 2.05) is 48.7 Å². The second-order valence-corrected chi connectivity index (χ2v) is 8.58. The highest BCUT2D eigenvalue weighted by atomic mass is 32.1. The van der Waals surface area contributed by atoms with Crippen LogP contribution >= 0.6 is 11.3 Å². The van der Waals surface area contributed by atoms with E-state index in [0.29, 0.717) is 40.0 Å². The van der Waals surface area contributed by atoms with Crippen LogP contribution in [0.5, 0.6) is 5.75 Å². The summed E-state index contributed by atoms with van der Waals surface area (Å²) >= 11 is 1.55. The number of methoxy groups -OCH3 is 1. The molecule has 0 fully saturated rings. The Kier molecular flexibility index (Phi) is 5.57. The molecule has 8 nitrogen and oxygen atoms in total. The lowest BCUT2D eigenvalue weighted by Gasteiger charge is -2.28. The standard InChI is InChI=1S/C25H20N6O2S/c1-15-21(24(32)28-18-6-3-4-7-19(18)33-2)22(17-11-9-16(14-26)10-12-17)31-25(27-15)29-23(30-31)20-8-5-13-34-20/h3-13,22H,1-2H3,(H,28,32)(H,27,29,30). The molecular formula is C25H20N6O2S. The number of allylic oxidation sites excluding steroid dienone is 1. The normalized spacial score (nSPS) is 14.7. The van der Waals surface area contributed by atoms with E-state index in [1.165, 1.54) is 0 Å². The minimum absolute atomic E-state index is 0.289. The summed E-state index contributed by atoms with van der Waals surface area (Å²) in [4.78, 5) is 19.2. The average molecular weight is 469 g/mol. The van der Waals surface area contributed by atoms with Gasteiger partial charge in [-0.2, -0.15) is 10.2 Å². The molecular weight excluding hydrogens is 448 g/mol. The molecule has 1 aliphatic heterocycles.